The average Bonchev–Trinajstić information content (AvgIpc) is 2.28. The number of carbonyl (C=O) groups excluding carboxylic acids is 1. The summed E-state index contributed by atoms with van der Waals surface area (Å²) in [7, 11) is 0. The molecule has 2 atom stereocenters. The number of amides is 1. The van der Waals surface area contributed by atoms with Crippen LogP contribution in [-0.4, -0.2) is 23.2 Å². The molecule has 1 fully saturated rings. The number of aliphatic hydroxyl groups is 1. The molecule has 98 valence electrons. The molecule has 1 amide bonds. The van der Waals surface area contributed by atoms with E-state index >= 15 is 0 Å². The fourth-order valence-corrected chi connectivity index (χ4v) is 2.17. The van der Waals surface area contributed by atoms with Gasteiger partial charge in [0.2, 0.25) is 0 Å². The molecule has 2 rings (SSSR count). The van der Waals surface area contributed by atoms with E-state index in [0.29, 0.717) is 23.4 Å². The summed E-state index contributed by atoms with van der Waals surface area (Å²) in [5.74, 6) is -0.225. The van der Waals surface area contributed by atoms with E-state index in [1.807, 2.05) is 13.8 Å². The molecule has 1 aromatic rings. The lowest BCUT2D eigenvalue weighted by atomic mass is 9.64. The maximum absolute atomic E-state index is 12.1. The molecule has 0 bridgehead atoms. The number of carbonyl (C=O) groups is 1. The zero-order valence-electron chi connectivity index (χ0n) is 10.6. The summed E-state index contributed by atoms with van der Waals surface area (Å²) < 4.78 is 0. The second kappa shape index (κ2) is 4.17. The van der Waals surface area contributed by atoms with Crippen LogP contribution >= 0.6 is 0 Å². The molecule has 1 saturated carbocycles. The topological polar surface area (TPSA) is 101 Å². The summed E-state index contributed by atoms with van der Waals surface area (Å²) in [5, 5.41) is 12.5. The third kappa shape index (κ3) is 2.01. The highest BCUT2D eigenvalue weighted by Crippen LogP contribution is 2.40. The summed E-state index contributed by atoms with van der Waals surface area (Å²) in [4.78, 5) is 12.1. The van der Waals surface area contributed by atoms with Crippen LogP contribution in [0.3, 0.4) is 0 Å². The first-order chi connectivity index (χ1) is 8.32. The number of nitrogens with two attached hydrogens (primary N) is 2. The van der Waals surface area contributed by atoms with Crippen molar-refractivity contribution in [2.75, 3.05) is 11.5 Å². The first-order valence-electron chi connectivity index (χ1n) is 5.96. The molecule has 2 unspecified atom stereocenters. The van der Waals surface area contributed by atoms with Crippen molar-refractivity contribution in [2.24, 2.45) is 5.41 Å². The van der Waals surface area contributed by atoms with Gasteiger partial charge >= 0.3 is 0 Å². The number of anilines is 2. The molecule has 0 saturated heterocycles. The van der Waals surface area contributed by atoms with Crippen LogP contribution in [0.15, 0.2) is 18.2 Å². The van der Waals surface area contributed by atoms with Gasteiger partial charge in [-0.15, -0.1) is 0 Å². The van der Waals surface area contributed by atoms with E-state index in [4.69, 9.17) is 11.5 Å². The predicted octanol–water partition coefficient (Wildman–Crippen LogP) is 0.740. The molecule has 5 heteroatoms. The van der Waals surface area contributed by atoms with Crippen molar-refractivity contribution in [3.63, 3.8) is 0 Å². The molecule has 0 aliphatic heterocycles. The lowest BCUT2D eigenvalue weighted by molar-refractivity contribution is -0.0689. The maximum Gasteiger partial charge on any atom is 0.253 e. The van der Waals surface area contributed by atoms with Crippen molar-refractivity contribution in [3.05, 3.63) is 23.8 Å². The highest BCUT2D eigenvalue weighted by molar-refractivity contribution is 5.99. The van der Waals surface area contributed by atoms with Crippen LogP contribution in [-0.2, 0) is 0 Å². The SMILES string of the molecule is CC1(C)C(O)CC1NC(=O)c1ccc(N)cc1N. The number of aliphatic hydroxyl groups excluding tert-OH is 1. The van der Waals surface area contributed by atoms with E-state index in [0.717, 1.165) is 0 Å². The second-order valence-electron chi connectivity index (χ2n) is 5.45. The Bertz CT molecular complexity index is 485. The number of nitrogens with one attached hydrogen (secondary N) is 1. The molecule has 6 N–H and O–H groups in total. The largest absolute Gasteiger partial charge is 0.399 e. The van der Waals surface area contributed by atoms with Crippen molar-refractivity contribution in [1.29, 1.82) is 0 Å². The van der Waals surface area contributed by atoms with Gasteiger partial charge in [-0.3, -0.25) is 4.79 Å². The minimum absolute atomic E-state index is 0.0306. The van der Waals surface area contributed by atoms with Crippen molar-refractivity contribution < 1.29 is 9.90 Å². The van der Waals surface area contributed by atoms with E-state index in [9.17, 15) is 9.90 Å². The van der Waals surface area contributed by atoms with Crippen LogP contribution < -0.4 is 16.8 Å². The molecule has 1 aliphatic rings. The Labute approximate surface area is 106 Å². The van der Waals surface area contributed by atoms with Gasteiger partial charge in [0.25, 0.3) is 5.91 Å². The molecular formula is C13H19N3O2. The van der Waals surface area contributed by atoms with Crippen molar-refractivity contribution in [1.82, 2.24) is 5.32 Å². The zero-order chi connectivity index (χ0) is 13.5. The van der Waals surface area contributed by atoms with Gasteiger partial charge < -0.3 is 21.9 Å². The summed E-state index contributed by atoms with van der Waals surface area (Å²) >= 11 is 0. The van der Waals surface area contributed by atoms with Gasteiger partial charge in [-0.25, -0.2) is 0 Å². The molecule has 5 nitrogen and oxygen atoms in total. The molecule has 1 aliphatic carbocycles. The smallest absolute Gasteiger partial charge is 0.253 e. The van der Waals surface area contributed by atoms with Gasteiger partial charge in [-0.1, -0.05) is 13.8 Å². The average molecular weight is 249 g/mol. The zero-order valence-corrected chi connectivity index (χ0v) is 10.6. The molecule has 18 heavy (non-hydrogen) atoms. The third-order valence-corrected chi connectivity index (χ3v) is 3.84. The van der Waals surface area contributed by atoms with Gasteiger partial charge in [0.15, 0.2) is 0 Å². The minimum atomic E-state index is -0.369. The molecular weight excluding hydrogens is 230 g/mol. The number of benzene rings is 1. The minimum Gasteiger partial charge on any atom is -0.399 e. The monoisotopic (exact) mass is 249 g/mol. The summed E-state index contributed by atoms with van der Waals surface area (Å²) in [5.41, 5.74) is 12.4. The third-order valence-electron chi connectivity index (χ3n) is 3.84. The molecule has 0 aromatic heterocycles. The van der Waals surface area contributed by atoms with Crippen LogP contribution in [0.4, 0.5) is 11.4 Å². The van der Waals surface area contributed by atoms with E-state index in [2.05, 4.69) is 5.32 Å². The normalized spacial score (nSPS) is 25.3. The van der Waals surface area contributed by atoms with Crippen LogP contribution in [0.5, 0.6) is 0 Å². The van der Waals surface area contributed by atoms with Gasteiger partial charge in [-0.05, 0) is 24.6 Å². The molecule has 0 spiro atoms. The predicted molar refractivity (Wildman–Crippen MR) is 70.9 cm³/mol. The summed E-state index contributed by atoms with van der Waals surface area (Å²) in [6, 6.07) is 4.79. The Morgan fingerprint density at radius 3 is 2.61 bits per heavy atom. The fourth-order valence-electron chi connectivity index (χ4n) is 2.17. The van der Waals surface area contributed by atoms with E-state index < -0.39 is 0 Å². The van der Waals surface area contributed by atoms with Crippen LogP contribution in [0.2, 0.25) is 0 Å². The maximum atomic E-state index is 12.1. The van der Waals surface area contributed by atoms with Crippen molar-refractivity contribution in [3.8, 4) is 0 Å². The Kier molecular flexibility index (Phi) is 2.94. The van der Waals surface area contributed by atoms with Crippen molar-refractivity contribution in [2.45, 2.75) is 32.4 Å². The highest BCUT2D eigenvalue weighted by Gasteiger charge is 2.48. The molecule has 1 aromatic carbocycles. The van der Waals surface area contributed by atoms with E-state index in [1.54, 1.807) is 18.2 Å². The van der Waals surface area contributed by atoms with E-state index in [1.165, 1.54) is 0 Å². The lowest BCUT2D eigenvalue weighted by Crippen LogP contribution is -2.61. The Hall–Kier alpha value is -1.75. The standard InChI is InChI=1S/C13H19N3O2/c1-13(2)10(6-11(13)17)16-12(18)8-4-3-7(14)5-9(8)15/h3-5,10-11,17H,6,14-15H2,1-2H3,(H,16,18). The number of nitrogen functional groups attached to an aromatic ring is 2. The van der Waals surface area contributed by atoms with Gasteiger partial charge in [-0.2, -0.15) is 0 Å². The van der Waals surface area contributed by atoms with Crippen LogP contribution in [0.25, 0.3) is 0 Å². The van der Waals surface area contributed by atoms with Gasteiger partial charge in [0.1, 0.15) is 0 Å². The first-order valence-corrected chi connectivity index (χ1v) is 5.96. The Morgan fingerprint density at radius 1 is 1.44 bits per heavy atom. The quantitative estimate of drug-likeness (QED) is 0.581. The Balaban J connectivity index is 2.09. The van der Waals surface area contributed by atoms with Gasteiger partial charge in [0, 0.05) is 22.8 Å². The summed E-state index contributed by atoms with van der Waals surface area (Å²) in [6.45, 7) is 3.86. The fraction of sp³-hybridized carbons (Fsp3) is 0.462. The lowest BCUT2D eigenvalue weighted by Gasteiger charge is -2.49. The van der Waals surface area contributed by atoms with E-state index in [-0.39, 0.29) is 23.5 Å². The highest BCUT2D eigenvalue weighted by atomic mass is 16.3. The first kappa shape index (κ1) is 12.7. The summed E-state index contributed by atoms with van der Waals surface area (Å²) in [6.07, 6.45) is 0.208. The van der Waals surface area contributed by atoms with Crippen molar-refractivity contribution >= 4 is 17.3 Å². The number of hydrogen-bond donors (Lipinski definition) is 4. The number of hydrogen-bond acceptors (Lipinski definition) is 4. The molecule has 0 radical (unpaired) electrons. The van der Waals surface area contributed by atoms with Gasteiger partial charge in [0.05, 0.1) is 11.7 Å². The molecule has 0 heterocycles. The van der Waals surface area contributed by atoms with Crippen LogP contribution in [0.1, 0.15) is 30.6 Å². The van der Waals surface area contributed by atoms with Crippen LogP contribution in [0, 0.1) is 5.41 Å². The Morgan fingerprint density at radius 2 is 2.11 bits per heavy atom. The second-order valence-corrected chi connectivity index (χ2v) is 5.45. The number of rotatable bonds is 2.